The lowest BCUT2D eigenvalue weighted by molar-refractivity contribution is 0.0935. The molecular formula is C22H21FN2O. The highest BCUT2D eigenvalue weighted by atomic mass is 19.1. The first kappa shape index (κ1) is 16.6. The number of fused-ring (bicyclic) bond motifs is 1. The van der Waals surface area contributed by atoms with E-state index < -0.39 is 0 Å². The molecule has 0 radical (unpaired) electrons. The SMILES string of the molecule is O=C(NC1CCCN(c2cccc(F)c2)C1)c1cccc2ccccc12. The summed E-state index contributed by atoms with van der Waals surface area (Å²) in [5.41, 5.74) is 1.57. The monoisotopic (exact) mass is 348 g/mol. The average molecular weight is 348 g/mol. The quantitative estimate of drug-likeness (QED) is 0.762. The summed E-state index contributed by atoms with van der Waals surface area (Å²) < 4.78 is 13.5. The smallest absolute Gasteiger partial charge is 0.252 e. The van der Waals surface area contributed by atoms with Crippen LogP contribution in [0.3, 0.4) is 0 Å². The standard InChI is InChI=1S/C22H21FN2O/c23-17-8-4-10-19(14-17)25-13-5-9-18(15-25)24-22(26)21-12-3-7-16-6-1-2-11-20(16)21/h1-4,6-8,10-12,14,18H,5,9,13,15H2,(H,24,26). The predicted octanol–water partition coefficient (Wildman–Crippen LogP) is 4.38. The highest BCUT2D eigenvalue weighted by Gasteiger charge is 2.23. The van der Waals surface area contributed by atoms with E-state index in [0.29, 0.717) is 12.1 Å². The molecule has 4 heteroatoms. The Balaban J connectivity index is 1.50. The number of carbonyl (C=O) groups excluding carboxylic acids is 1. The van der Waals surface area contributed by atoms with Crippen molar-refractivity contribution < 1.29 is 9.18 Å². The first-order chi connectivity index (χ1) is 12.7. The van der Waals surface area contributed by atoms with Gasteiger partial charge in [0.15, 0.2) is 0 Å². The van der Waals surface area contributed by atoms with Gasteiger partial charge in [-0.15, -0.1) is 0 Å². The fourth-order valence-electron chi connectivity index (χ4n) is 3.69. The molecule has 132 valence electrons. The van der Waals surface area contributed by atoms with Crippen LogP contribution >= 0.6 is 0 Å². The Bertz CT molecular complexity index is 935. The third-order valence-electron chi connectivity index (χ3n) is 4.96. The minimum absolute atomic E-state index is 0.0482. The number of nitrogens with zero attached hydrogens (tertiary/aromatic N) is 1. The van der Waals surface area contributed by atoms with E-state index in [1.807, 2.05) is 48.5 Å². The van der Waals surface area contributed by atoms with E-state index in [0.717, 1.165) is 35.8 Å². The topological polar surface area (TPSA) is 32.3 Å². The zero-order valence-electron chi connectivity index (χ0n) is 14.5. The van der Waals surface area contributed by atoms with E-state index >= 15 is 0 Å². The Hall–Kier alpha value is -2.88. The van der Waals surface area contributed by atoms with Gasteiger partial charge in [0.2, 0.25) is 0 Å². The summed E-state index contributed by atoms with van der Waals surface area (Å²) in [6.07, 6.45) is 1.90. The summed E-state index contributed by atoms with van der Waals surface area (Å²) in [6, 6.07) is 20.4. The number of piperidine rings is 1. The molecule has 3 aromatic carbocycles. The maximum atomic E-state index is 13.5. The van der Waals surface area contributed by atoms with Crippen molar-refractivity contribution in [3.05, 3.63) is 78.1 Å². The van der Waals surface area contributed by atoms with Crippen LogP contribution in [-0.4, -0.2) is 25.0 Å². The van der Waals surface area contributed by atoms with E-state index in [2.05, 4.69) is 10.2 Å². The van der Waals surface area contributed by atoms with Crippen LogP contribution in [0.2, 0.25) is 0 Å². The second-order valence-electron chi connectivity index (χ2n) is 6.77. The maximum Gasteiger partial charge on any atom is 0.252 e. The van der Waals surface area contributed by atoms with Crippen LogP contribution in [0.1, 0.15) is 23.2 Å². The molecule has 0 spiro atoms. The highest BCUT2D eigenvalue weighted by Crippen LogP contribution is 2.22. The van der Waals surface area contributed by atoms with Crippen LogP contribution < -0.4 is 10.2 Å². The van der Waals surface area contributed by atoms with Crippen LogP contribution in [0.15, 0.2) is 66.7 Å². The number of halogens is 1. The van der Waals surface area contributed by atoms with Crippen LogP contribution in [0.4, 0.5) is 10.1 Å². The summed E-state index contributed by atoms with van der Waals surface area (Å²) in [4.78, 5) is 15.0. The van der Waals surface area contributed by atoms with Gasteiger partial charge in [-0.3, -0.25) is 4.79 Å². The molecule has 1 saturated heterocycles. The predicted molar refractivity (Wildman–Crippen MR) is 103 cm³/mol. The third kappa shape index (κ3) is 3.40. The normalized spacial score (nSPS) is 17.3. The van der Waals surface area contributed by atoms with Gasteiger partial charge >= 0.3 is 0 Å². The number of nitrogens with one attached hydrogen (secondary N) is 1. The number of benzene rings is 3. The van der Waals surface area contributed by atoms with Gasteiger partial charge in [-0.25, -0.2) is 4.39 Å². The van der Waals surface area contributed by atoms with E-state index in [1.165, 1.54) is 6.07 Å². The number of hydrogen-bond acceptors (Lipinski definition) is 2. The molecule has 1 unspecified atom stereocenters. The fraction of sp³-hybridized carbons (Fsp3) is 0.227. The fourth-order valence-corrected chi connectivity index (χ4v) is 3.69. The summed E-state index contributed by atoms with van der Waals surface area (Å²) in [6.45, 7) is 1.57. The second-order valence-corrected chi connectivity index (χ2v) is 6.77. The number of hydrogen-bond donors (Lipinski definition) is 1. The van der Waals surface area contributed by atoms with Crippen molar-refractivity contribution in [2.75, 3.05) is 18.0 Å². The second kappa shape index (κ2) is 7.16. The molecule has 0 aliphatic carbocycles. The van der Waals surface area contributed by atoms with E-state index in [-0.39, 0.29) is 17.8 Å². The van der Waals surface area contributed by atoms with Crippen molar-refractivity contribution in [1.82, 2.24) is 5.32 Å². The van der Waals surface area contributed by atoms with Crippen molar-refractivity contribution in [1.29, 1.82) is 0 Å². The van der Waals surface area contributed by atoms with Crippen molar-refractivity contribution in [2.45, 2.75) is 18.9 Å². The van der Waals surface area contributed by atoms with Gasteiger partial charge in [-0.05, 0) is 47.9 Å². The molecule has 0 bridgehead atoms. The Morgan fingerprint density at radius 3 is 2.73 bits per heavy atom. The molecule has 1 heterocycles. The van der Waals surface area contributed by atoms with E-state index in [4.69, 9.17) is 0 Å². The van der Waals surface area contributed by atoms with Crippen LogP contribution in [0, 0.1) is 5.82 Å². The molecule has 26 heavy (non-hydrogen) atoms. The molecule has 3 nitrogen and oxygen atoms in total. The molecule has 1 aliphatic heterocycles. The Morgan fingerprint density at radius 2 is 1.85 bits per heavy atom. The molecular weight excluding hydrogens is 327 g/mol. The molecule has 3 aromatic rings. The number of carbonyl (C=O) groups is 1. The Kier molecular flexibility index (Phi) is 4.57. The molecule has 1 amide bonds. The largest absolute Gasteiger partial charge is 0.369 e. The van der Waals surface area contributed by atoms with Crippen molar-refractivity contribution >= 4 is 22.4 Å². The molecule has 4 rings (SSSR count). The summed E-state index contributed by atoms with van der Waals surface area (Å²) in [7, 11) is 0. The Morgan fingerprint density at radius 1 is 1.04 bits per heavy atom. The molecule has 1 atom stereocenters. The number of rotatable bonds is 3. The van der Waals surface area contributed by atoms with E-state index in [1.54, 1.807) is 12.1 Å². The first-order valence-electron chi connectivity index (χ1n) is 9.00. The molecule has 1 N–H and O–H groups in total. The van der Waals surface area contributed by atoms with Gasteiger partial charge in [0.1, 0.15) is 5.82 Å². The Labute approximate surface area is 152 Å². The lowest BCUT2D eigenvalue weighted by Crippen LogP contribution is -2.47. The number of amides is 1. The molecule has 0 saturated carbocycles. The lowest BCUT2D eigenvalue weighted by atomic mass is 10.0. The van der Waals surface area contributed by atoms with Gasteiger partial charge in [-0.1, -0.05) is 42.5 Å². The molecule has 1 fully saturated rings. The minimum Gasteiger partial charge on any atom is -0.369 e. The van der Waals surface area contributed by atoms with Gasteiger partial charge in [-0.2, -0.15) is 0 Å². The van der Waals surface area contributed by atoms with Gasteiger partial charge < -0.3 is 10.2 Å². The van der Waals surface area contributed by atoms with Crippen molar-refractivity contribution in [3.63, 3.8) is 0 Å². The van der Waals surface area contributed by atoms with Crippen LogP contribution in [0.25, 0.3) is 10.8 Å². The van der Waals surface area contributed by atoms with Gasteiger partial charge in [0.25, 0.3) is 5.91 Å². The van der Waals surface area contributed by atoms with Gasteiger partial charge in [0, 0.05) is 30.4 Å². The molecule has 1 aliphatic rings. The van der Waals surface area contributed by atoms with Gasteiger partial charge in [0.05, 0.1) is 0 Å². The lowest BCUT2D eigenvalue weighted by Gasteiger charge is -2.34. The summed E-state index contributed by atoms with van der Waals surface area (Å²) in [5, 5.41) is 5.19. The number of anilines is 1. The zero-order valence-corrected chi connectivity index (χ0v) is 14.5. The summed E-state index contributed by atoms with van der Waals surface area (Å²) in [5.74, 6) is -0.280. The first-order valence-corrected chi connectivity index (χ1v) is 9.00. The molecule has 0 aromatic heterocycles. The average Bonchev–Trinajstić information content (AvgIpc) is 2.68. The van der Waals surface area contributed by atoms with Crippen LogP contribution in [0.5, 0.6) is 0 Å². The summed E-state index contributed by atoms with van der Waals surface area (Å²) >= 11 is 0. The third-order valence-corrected chi connectivity index (χ3v) is 4.96. The highest BCUT2D eigenvalue weighted by molar-refractivity contribution is 6.07. The van der Waals surface area contributed by atoms with E-state index in [9.17, 15) is 9.18 Å². The maximum absolute atomic E-state index is 13.5. The van der Waals surface area contributed by atoms with Crippen molar-refractivity contribution in [2.24, 2.45) is 0 Å². The zero-order chi connectivity index (χ0) is 17.9. The van der Waals surface area contributed by atoms with Crippen molar-refractivity contribution in [3.8, 4) is 0 Å². The minimum atomic E-state index is -0.232. The van der Waals surface area contributed by atoms with Crippen LogP contribution in [-0.2, 0) is 0 Å².